The van der Waals surface area contributed by atoms with E-state index in [2.05, 4.69) is 21.3 Å². The Labute approximate surface area is 204 Å². The summed E-state index contributed by atoms with van der Waals surface area (Å²) in [5.74, 6) is 2.78. The number of likely N-dealkylation sites (tertiary alicyclic amines) is 2. The zero-order valence-electron chi connectivity index (χ0n) is 19.0. The van der Waals surface area contributed by atoms with E-state index in [1.54, 1.807) is 0 Å². The highest BCUT2D eigenvalue weighted by atomic mass is 35.5. The van der Waals surface area contributed by atoms with E-state index in [9.17, 15) is 9.59 Å². The van der Waals surface area contributed by atoms with Crippen molar-refractivity contribution < 1.29 is 9.59 Å². The minimum absolute atomic E-state index is 0.125. The maximum Gasteiger partial charge on any atom is 0.253 e. The summed E-state index contributed by atoms with van der Waals surface area (Å²) >= 11 is 6.10. The zero-order valence-corrected chi connectivity index (χ0v) is 19.8. The van der Waals surface area contributed by atoms with Crippen LogP contribution in [-0.4, -0.2) is 59.9 Å². The van der Waals surface area contributed by atoms with Crippen molar-refractivity contribution in [2.75, 3.05) is 26.2 Å². The van der Waals surface area contributed by atoms with Gasteiger partial charge in [0, 0.05) is 54.8 Å². The molecule has 3 saturated heterocycles. The number of fused-ring (bicyclic) bond motifs is 6. The van der Waals surface area contributed by atoms with Gasteiger partial charge in [-0.25, -0.2) is 10.9 Å². The quantitative estimate of drug-likeness (QED) is 0.616. The van der Waals surface area contributed by atoms with Crippen LogP contribution in [0.3, 0.4) is 0 Å². The lowest BCUT2D eigenvalue weighted by molar-refractivity contribution is -0.136. The van der Waals surface area contributed by atoms with Crippen LogP contribution >= 0.6 is 11.6 Å². The molecule has 2 saturated carbocycles. The highest BCUT2D eigenvalue weighted by Gasteiger charge is 2.59. The first-order valence-electron chi connectivity index (χ1n) is 12.6. The number of hydrazine groups is 2. The van der Waals surface area contributed by atoms with E-state index in [0.717, 1.165) is 61.8 Å². The second-order valence-corrected chi connectivity index (χ2v) is 11.4. The topological polar surface area (TPSA) is 76.7 Å². The summed E-state index contributed by atoms with van der Waals surface area (Å²) in [5, 5.41) is 2.80. The largest absolute Gasteiger partial charge is 0.342 e. The van der Waals surface area contributed by atoms with E-state index in [-0.39, 0.29) is 11.8 Å². The Kier molecular flexibility index (Phi) is 4.92. The second kappa shape index (κ2) is 7.92. The fourth-order valence-electron chi connectivity index (χ4n) is 7.47. The lowest BCUT2D eigenvalue weighted by atomic mass is 9.60. The molecule has 0 spiro atoms. The van der Waals surface area contributed by atoms with Gasteiger partial charge in [0.05, 0.1) is 0 Å². The molecule has 3 aliphatic heterocycles. The monoisotopic (exact) mass is 479 g/mol. The van der Waals surface area contributed by atoms with Crippen LogP contribution in [0.15, 0.2) is 36.4 Å². The average molecular weight is 480 g/mol. The summed E-state index contributed by atoms with van der Waals surface area (Å²) in [6, 6.07) is 12.4. The van der Waals surface area contributed by atoms with Crippen LogP contribution in [0.2, 0.25) is 5.02 Å². The van der Waals surface area contributed by atoms with Crippen molar-refractivity contribution in [3.63, 3.8) is 0 Å². The standard InChI is InChI=1S/C26H30ClN5O2/c27-18-5-3-14-7-16(2-1-15(14)8-18)25(33)31-10-19-20(11-31)22-13-32(12-21(19)22)26(34)17-4-6-23-24(9-17)29-30-28-23/h1-3,5,7-8,17,19-24,28-30H,4,6,9-13H2/t17?,19-,20+,21+,22-,23?,24?. The number of nitrogens with one attached hydrogen (secondary N) is 3. The SMILES string of the molecule is O=C(c1ccc2cc(Cl)ccc2c1)N1C[C@@H]2[C@H](C1)[C@H]1CN(C(=O)C3CCC4NNNC4C3)C[C@@H]21. The zero-order chi connectivity index (χ0) is 23.0. The first-order chi connectivity index (χ1) is 16.5. The van der Waals surface area contributed by atoms with Gasteiger partial charge in [0.2, 0.25) is 5.91 Å². The average Bonchev–Trinajstić information content (AvgIpc) is 3.56. The highest BCUT2D eigenvalue weighted by molar-refractivity contribution is 6.31. The lowest BCUT2D eigenvalue weighted by Gasteiger charge is -2.42. The molecule has 7 atom stereocenters. The van der Waals surface area contributed by atoms with Crippen molar-refractivity contribution in [1.29, 1.82) is 0 Å². The molecule has 2 amide bonds. The number of halogens is 1. The number of carbonyl (C=O) groups excluding carboxylic acids is 2. The summed E-state index contributed by atoms with van der Waals surface area (Å²) in [4.78, 5) is 30.8. The minimum atomic E-state index is 0.125. The molecule has 2 aromatic carbocycles. The maximum absolute atomic E-state index is 13.3. The fraction of sp³-hybridized carbons (Fsp3) is 0.538. The molecule has 0 radical (unpaired) electrons. The normalized spacial score (nSPS) is 36.2. The third-order valence-corrected chi connectivity index (χ3v) is 9.52. The summed E-state index contributed by atoms with van der Waals surface area (Å²) < 4.78 is 0. The number of nitrogens with zero attached hydrogens (tertiary/aromatic N) is 2. The molecule has 3 unspecified atom stereocenters. The molecule has 3 N–H and O–H groups in total. The molecular weight excluding hydrogens is 450 g/mol. The van der Waals surface area contributed by atoms with Crippen molar-refractivity contribution in [3.8, 4) is 0 Å². The first-order valence-corrected chi connectivity index (χ1v) is 13.0. The van der Waals surface area contributed by atoms with Gasteiger partial charge in [-0.3, -0.25) is 9.59 Å². The van der Waals surface area contributed by atoms with E-state index >= 15 is 0 Å². The van der Waals surface area contributed by atoms with Gasteiger partial charge < -0.3 is 9.80 Å². The molecule has 5 fully saturated rings. The number of rotatable bonds is 2. The molecule has 178 valence electrons. The molecule has 2 aromatic rings. The Morgan fingerprint density at radius 3 is 2.21 bits per heavy atom. The van der Waals surface area contributed by atoms with Gasteiger partial charge in [-0.1, -0.05) is 23.7 Å². The summed E-state index contributed by atoms with van der Waals surface area (Å²) in [7, 11) is 0. The molecular formula is C26H30ClN5O2. The molecule has 5 aliphatic rings. The van der Waals surface area contributed by atoms with E-state index in [0.29, 0.717) is 46.7 Å². The second-order valence-electron chi connectivity index (χ2n) is 11.0. The summed E-state index contributed by atoms with van der Waals surface area (Å²) in [6.45, 7) is 3.38. The van der Waals surface area contributed by atoms with Crippen molar-refractivity contribution in [2.24, 2.45) is 29.6 Å². The fourth-order valence-corrected chi connectivity index (χ4v) is 7.65. The lowest BCUT2D eigenvalue weighted by Crippen LogP contribution is -2.45. The molecule has 34 heavy (non-hydrogen) atoms. The van der Waals surface area contributed by atoms with E-state index in [1.807, 2.05) is 41.3 Å². The van der Waals surface area contributed by atoms with Crippen LogP contribution < -0.4 is 16.4 Å². The Morgan fingerprint density at radius 1 is 0.794 bits per heavy atom. The van der Waals surface area contributed by atoms with E-state index in [4.69, 9.17) is 11.6 Å². The molecule has 0 aromatic heterocycles. The predicted molar refractivity (Wildman–Crippen MR) is 130 cm³/mol. The van der Waals surface area contributed by atoms with Gasteiger partial charge in [0.15, 0.2) is 0 Å². The summed E-state index contributed by atoms with van der Waals surface area (Å²) in [5.41, 5.74) is 10.3. The third-order valence-electron chi connectivity index (χ3n) is 9.29. The van der Waals surface area contributed by atoms with Crippen LogP contribution in [-0.2, 0) is 4.79 Å². The Hall–Kier alpha value is -2.19. The smallest absolute Gasteiger partial charge is 0.253 e. The van der Waals surface area contributed by atoms with Gasteiger partial charge in [-0.15, -0.1) is 0 Å². The van der Waals surface area contributed by atoms with Crippen LogP contribution in [0, 0.1) is 29.6 Å². The van der Waals surface area contributed by atoms with Gasteiger partial charge >= 0.3 is 0 Å². The van der Waals surface area contributed by atoms with Gasteiger partial charge in [-0.05, 0) is 78.0 Å². The van der Waals surface area contributed by atoms with E-state index < -0.39 is 0 Å². The minimum Gasteiger partial charge on any atom is -0.342 e. The molecule has 7 rings (SSSR count). The van der Waals surface area contributed by atoms with E-state index in [1.165, 1.54) is 0 Å². The highest BCUT2D eigenvalue weighted by Crippen LogP contribution is 2.54. The maximum atomic E-state index is 13.3. The first kappa shape index (κ1) is 21.1. The number of carbonyl (C=O) groups is 2. The van der Waals surface area contributed by atoms with Gasteiger partial charge in [0.25, 0.3) is 5.91 Å². The number of amides is 2. The molecule has 0 bridgehead atoms. The van der Waals surface area contributed by atoms with Gasteiger partial charge in [0.1, 0.15) is 0 Å². The van der Waals surface area contributed by atoms with Crippen molar-refractivity contribution in [3.05, 3.63) is 47.0 Å². The van der Waals surface area contributed by atoms with Crippen molar-refractivity contribution in [1.82, 2.24) is 26.2 Å². The predicted octanol–water partition coefficient (Wildman–Crippen LogP) is 2.42. The van der Waals surface area contributed by atoms with Crippen LogP contribution in [0.25, 0.3) is 10.8 Å². The number of benzene rings is 2. The molecule has 7 nitrogen and oxygen atoms in total. The third kappa shape index (κ3) is 3.28. The van der Waals surface area contributed by atoms with Crippen LogP contribution in [0.4, 0.5) is 0 Å². The van der Waals surface area contributed by atoms with Gasteiger partial charge in [-0.2, -0.15) is 5.53 Å². The number of hydrogen-bond donors (Lipinski definition) is 3. The van der Waals surface area contributed by atoms with Crippen LogP contribution in [0.5, 0.6) is 0 Å². The Morgan fingerprint density at radius 2 is 1.44 bits per heavy atom. The van der Waals surface area contributed by atoms with Crippen molar-refractivity contribution >= 4 is 34.2 Å². The van der Waals surface area contributed by atoms with Crippen LogP contribution in [0.1, 0.15) is 29.6 Å². The number of hydrogen-bond acceptors (Lipinski definition) is 5. The molecule has 2 aliphatic carbocycles. The molecule has 3 heterocycles. The Bertz CT molecular complexity index is 1150. The Balaban J connectivity index is 0.992. The molecule has 8 heteroatoms. The van der Waals surface area contributed by atoms with Crippen molar-refractivity contribution in [2.45, 2.75) is 31.3 Å². The summed E-state index contributed by atoms with van der Waals surface area (Å²) in [6.07, 6.45) is 2.91.